The number of nitrogens with zero attached hydrogens (tertiary/aromatic N) is 1. The van der Waals surface area contributed by atoms with Crippen LogP contribution in [-0.2, 0) is 11.3 Å². The minimum atomic E-state index is -0.0425. The Morgan fingerprint density at radius 1 is 1.17 bits per heavy atom. The molecule has 29 heavy (non-hydrogen) atoms. The third-order valence-electron chi connectivity index (χ3n) is 6.36. The van der Waals surface area contributed by atoms with E-state index in [1.807, 2.05) is 23.1 Å². The number of amides is 1. The van der Waals surface area contributed by atoms with E-state index in [-0.39, 0.29) is 17.6 Å². The van der Waals surface area contributed by atoms with Crippen molar-refractivity contribution in [2.75, 3.05) is 20.2 Å². The van der Waals surface area contributed by atoms with Gasteiger partial charge in [0, 0.05) is 44.0 Å². The first-order valence-electron chi connectivity index (χ1n) is 10.4. The first-order valence-corrected chi connectivity index (χ1v) is 10.4. The second kappa shape index (κ2) is 8.37. The van der Waals surface area contributed by atoms with E-state index < -0.39 is 0 Å². The number of ketones is 1. The van der Waals surface area contributed by atoms with E-state index in [0.717, 1.165) is 48.4 Å². The van der Waals surface area contributed by atoms with Crippen LogP contribution in [0.4, 0.5) is 0 Å². The van der Waals surface area contributed by atoms with Gasteiger partial charge in [-0.05, 0) is 53.6 Å². The van der Waals surface area contributed by atoms with Crippen LogP contribution < -0.4 is 10.5 Å². The van der Waals surface area contributed by atoms with E-state index >= 15 is 0 Å². The van der Waals surface area contributed by atoms with Gasteiger partial charge >= 0.3 is 0 Å². The van der Waals surface area contributed by atoms with E-state index in [4.69, 9.17) is 10.5 Å². The number of likely N-dealkylation sites (tertiary alicyclic amines) is 1. The predicted octanol–water partition coefficient (Wildman–Crippen LogP) is 3.62. The van der Waals surface area contributed by atoms with Crippen LogP contribution in [0.5, 0.6) is 5.75 Å². The fraction of sp³-hybridized carbons (Fsp3) is 0.417. The molecule has 2 aromatic carbocycles. The fourth-order valence-electron chi connectivity index (χ4n) is 4.66. The van der Waals surface area contributed by atoms with Crippen LogP contribution in [0.1, 0.15) is 64.6 Å². The number of methoxy groups -OCH3 is 1. The van der Waals surface area contributed by atoms with Gasteiger partial charge in [-0.25, -0.2) is 0 Å². The minimum absolute atomic E-state index is 0.0425. The number of ether oxygens (including phenoxy) is 1. The summed E-state index contributed by atoms with van der Waals surface area (Å²) in [6.07, 6.45) is 2.73. The van der Waals surface area contributed by atoms with Crippen molar-refractivity contribution in [1.29, 1.82) is 0 Å². The van der Waals surface area contributed by atoms with Crippen molar-refractivity contribution >= 4 is 11.7 Å². The topological polar surface area (TPSA) is 72.6 Å². The third-order valence-corrected chi connectivity index (χ3v) is 6.36. The molecule has 152 valence electrons. The summed E-state index contributed by atoms with van der Waals surface area (Å²) in [5.74, 6) is 1.44. The number of carbonyl (C=O) groups excluding carboxylic acids is 2. The maximum absolute atomic E-state index is 12.9. The molecule has 2 aliphatic rings. The summed E-state index contributed by atoms with van der Waals surface area (Å²) in [4.78, 5) is 27.2. The Morgan fingerprint density at radius 2 is 1.97 bits per heavy atom. The molecule has 5 nitrogen and oxygen atoms in total. The highest BCUT2D eigenvalue weighted by Gasteiger charge is 2.33. The predicted molar refractivity (Wildman–Crippen MR) is 112 cm³/mol. The van der Waals surface area contributed by atoms with Crippen molar-refractivity contribution in [1.82, 2.24) is 4.90 Å². The molecule has 1 heterocycles. The smallest absolute Gasteiger partial charge is 0.223 e. The van der Waals surface area contributed by atoms with Gasteiger partial charge in [0.2, 0.25) is 5.91 Å². The van der Waals surface area contributed by atoms with Crippen LogP contribution >= 0.6 is 0 Å². The monoisotopic (exact) mass is 392 g/mol. The second-order valence-electron chi connectivity index (χ2n) is 8.09. The Hall–Kier alpha value is -2.66. The lowest BCUT2D eigenvalue weighted by atomic mass is 9.88. The molecule has 1 unspecified atom stereocenters. The van der Waals surface area contributed by atoms with E-state index in [1.165, 1.54) is 5.56 Å². The van der Waals surface area contributed by atoms with E-state index in [2.05, 4.69) is 24.3 Å². The lowest BCUT2D eigenvalue weighted by molar-refractivity contribution is -0.132. The van der Waals surface area contributed by atoms with Crippen molar-refractivity contribution in [3.05, 3.63) is 64.7 Å². The van der Waals surface area contributed by atoms with Gasteiger partial charge in [-0.2, -0.15) is 0 Å². The molecule has 0 radical (unpaired) electrons. The number of hydrogen-bond acceptors (Lipinski definition) is 4. The SMILES string of the molecule is COc1ccc2c(c1)C(CC(=O)N1CCC(c3cccc(CN)c3)CC1)CC2=O. The highest BCUT2D eigenvalue weighted by atomic mass is 16.5. The molecule has 0 aromatic heterocycles. The zero-order valence-electron chi connectivity index (χ0n) is 16.9. The summed E-state index contributed by atoms with van der Waals surface area (Å²) in [5, 5.41) is 0. The standard InChI is InChI=1S/C24H28N2O3/c1-29-20-5-6-21-22(14-20)19(12-23(21)27)13-24(28)26-9-7-17(8-10-26)18-4-2-3-16(11-18)15-25/h2-6,11,14,17,19H,7-10,12-13,15,25H2,1H3. The lowest BCUT2D eigenvalue weighted by Crippen LogP contribution is -2.38. The average Bonchev–Trinajstić information content (AvgIpc) is 3.08. The quantitative estimate of drug-likeness (QED) is 0.843. The number of nitrogens with two attached hydrogens (primary N) is 1. The third kappa shape index (κ3) is 4.06. The maximum atomic E-state index is 12.9. The molecule has 0 saturated carbocycles. The van der Waals surface area contributed by atoms with Crippen LogP contribution in [0.2, 0.25) is 0 Å². The van der Waals surface area contributed by atoms with Gasteiger partial charge in [0.05, 0.1) is 7.11 Å². The summed E-state index contributed by atoms with van der Waals surface area (Å²) in [6, 6.07) is 14.0. The summed E-state index contributed by atoms with van der Waals surface area (Å²) in [6.45, 7) is 2.08. The Bertz CT molecular complexity index is 916. The number of carbonyl (C=O) groups is 2. The number of fused-ring (bicyclic) bond motifs is 1. The lowest BCUT2D eigenvalue weighted by Gasteiger charge is -2.33. The zero-order chi connectivity index (χ0) is 20.4. The molecule has 1 amide bonds. The van der Waals surface area contributed by atoms with Crippen molar-refractivity contribution < 1.29 is 14.3 Å². The summed E-state index contributed by atoms with van der Waals surface area (Å²) in [7, 11) is 1.62. The fourth-order valence-corrected chi connectivity index (χ4v) is 4.66. The summed E-state index contributed by atoms with van der Waals surface area (Å²) in [5.41, 5.74) is 9.93. The number of piperidine rings is 1. The number of hydrogen-bond donors (Lipinski definition) is 1. The normalized spacial score (nSPS) is 19.3. The van der Waals surface area contributed by atoms with Gasteiger partial charge in [0.25, 0.3) is 0 Å². The van der Waals surface area contributed by atoms with Crippen molar-refractivity contribution in [2.45, 2.75) is 44.1 Å². The Morgan fingerprint density at radius 3 is 2.69 bits per heavy atom. The number of rotatable bonds is 5. The van der Waals surface area contributed by atoms with Crippen molar-refractivity contribution in [3.8, 4) is 5.75 Å². The van der Waals surface area contributed by atoms with Gasteiger partial charge in [-0.3, -0.25) is 9.59 Å². The Balaban J connectivity index is 1.38. The van der Waals surface area contributed by atoms with Crippen LogP contribution in [0.15, 0.2) is 42.5 Å². The molecular weight excluding hydrogens is 364 g/mol. The molecule has 1 atom stereocenters. The highest BCUT2D eigenvalue weighted by Crippen LogP contribution is 2.38. The largest absolute Gasteiger partial charge is 0.497 e. The van der Waals surface area contributed by atoms with E-state index in [9.17, 15) is 9.59 Å². The van der Waals surface area contributed by atoms with Crippen molar-refractivity contribution in [3.63, 3.8) is 0 Å². The number of benzene rings is 2. The zero-order valence-corrected chi connectivity index (χ0v) is 16.9. The highest BCUT2D eigenvalue weighted by molar-refractivity contribution is 6.02. The van der Waals surface area contributed by atoms with Gasteiger partial charge in [0.1, 0.15) is 5.75 Å². The first-order chi connectivity index (χ1) is 14.1. The Labute approximate surface area is 171 Å². The van der Waals surface area contributed by atoms with E-state index in [0.29, 0.717) is 25.3 Å². The van der Waals surface area contributed by atoms with Crippen molar-refractivity contribution in [2.24, 2.45) is 5.73 Å². The molecule has 5 heteroatoms. The van der Waals surface area contributed by atoms with Crippen LogP contribution in [0.3, 0.4) is 0 Å². The molecule has 2 N–H and O–H groups in total. The van der Waals surface area contributed by atoms with Gasteiger partial charge in [-0.15, -0.1) is 0 Å². The molecule has 1 aliphatic carbocycles. The molecule has 1 saturated heterocycles. The van der Waals surface area contributed by atoms with E-state index in [1.54, 1.807) is 7.11 Å². The van der Waals surface area contributed by atoms with Crippen LogP contribution in [-0.4, -0.2) is 36.8 Å². The van der Waals surface area contributed by atoms with Gasteiger partial charge in [-0.1, -0.05) is 24.3 Å². The Kier molecular flexibility index (Phi) is 5.67. The molecule has 2 aromatic rings. The van der Waals surface area contributed by atoms with Crippen LogP contribution in [0, 0.1) is 0 Å². The molecular formula is C24H28N2O3. The molecule has 0 bridgehead atoms. The maximum Gasteiger partial charge on any atom is 0.223 e. The molecule has 1 aliphatic heterocycles. The number of Topliss-reactive ketones (excluding diaryl/α,β-unsaturated/α-hetero) is 1. The second-order valence-corrected chi connectivity index (χ2v) is 8.09. The van der Waals surface area contributed by atoms with Gasteiger partial charge < -0.3 is 15.4 Å². The van der Waals surface area contributed by atoms with Gasteiger partial charge in [0.15, 0.2) is 5.78 Å². The summed E-state index contributed by atoms with van der Waals surface area (Å²) >= 11 is 0. The first kappa shape index (κ1) is 19.6. The molecule has 0 spiro atoms. The molecule has 1 fully saturated rings. The molecule has 4 rings (SSSR count). The van der Waals surface area contributed by atoms with Crippen LogP contribution in [0.25, 0.3) is 0 Å². The average molecular weight is 392 g/mol. The summed E-state index contributed by atoms with van der Waals surface area (Å²) < 4.78 is 5.30. The minimum Gasteiger partial charge on any atom is -0.497 e.